The molecule has 1 atom stereocenters. The average Bonchev–Trinajstić information content (AvgIpc) is 3.17. The van der Waals surface area contributed by atoms with Crippen molar-refractivity contribution in [2.45, 2.75) is 30.5 Å². The van der Waals surface area contributed by atoms with Crippen molar-refractivity contribution in [2.24, 2.45) is 0 Å². The highest BCUT2D eigenvalue weighted by Gasteiger charge is 2.20. The van der Waals surface area contributed by atoms with E-state index in [1.54, 1.807) is 30.0 Å². The third kappa shape index (κ3) is 4.90. The molecule has 0 N–H and O–H groups in total. The zero-order valence-corrected chi connectivity index (χ0v) is 19.3. The Labute approximate surface area is 195 Å². The molecular formula is C24H21Cl2N3OS. The van der Waals surface area contributed by atoms with E-state index in [0.29, 0.717) is 28.2 Å². The lowest BCUT2D eigenvalue weighted by Crippen LogP contribution is -2.12. The minimum atomic E-state index is -0.349. The van der Waals surface area contributed by atoms with E-state index < -0.39 is 0 Å². The third-order valence-electron chi connectivity index (χ3n) is 4.86. The summed E-state index contributed by atoms with van der Waals surface area (Å²) < 4.78 is 8.07. The van der Waals surface area contributed by atoms with Crippen LogP contribution in [0.1, 0.15) is 24.4 Å². The number of fused-ring (bicyclic) bond motifs is 1. The Balaban J connectivity index is 1.56. The van der Waals surface area contributed by atoms with Crippen LogP contribution in [0.25, 0.3) is 10.8 Å². The van der Waals surface area contributed by atoms with E-state index in [0.717, 1.165) is 10.9 Å². The summed E-state index contributed by atoms with van der Waals surface area (Å²) in [5, 5.41) is 13.1. The Kier molecular flexibility index (Phi) is 6.86. The number of nitrogens with zero attached hydrogens (tertiary/aromatic N) is 3. The van der Waals surface area contributed by atoms with Crippen LogP contribution in [-0.4, -0.2) is 14.8 Å². The summed E-state index contributed by atoms with van der Waals surface area (Å²) in [5.74, 6) is 2.05. The summed E-state index contributed by atoms with van der Waals surface area (Å²) in [5.41, 5.74) is 1.26. The lowest BCUT2D eigenvalue weighted by atomic mass is 10.1. The highest BCUT2D eigenvalue weighted by atomic mass is 35.5. The maximum Gasteiger partial charge on any atom is 0.191 e. The Hall–Kier alpha value is -2.47. The summed E-state index contributed by atoms with van der Waals surface area (Å²) in [7, 11) is 0. The topological polar surface area (TPSA) is 39.9 Å². The number of hydrogen-bond acceptors (Lipinski definition) is 4. The van der Waals surface area contributed by atoms with E-state index in [9.17, 15) is 0 Å². The summed E-state index contributed by atoms with van der Waals surface area (Å²) in [4.78, 5) is 0. The number of thioether (sulfide) groups is 1. The first-order valence-corrected chi connectivity index (χ1v) is 11.6. The average molecular weight is 470 g/mol. The normalized spacial score (nSPS) is 12.1. The molecule has 7 heteroatoms. The van der Waals surface area contributed by atoms with Gasteiger partial charge in [0.25, 0.3) is 0 Å². The molecule has 1 unspecified atom stereocenters. The van der Waals surface area contributed by atoms with Crippen LogP contribution in [-0.2, 0) is 12.3 Å². The number of hydrogen-bond donors (Lipinski definition) is 0. The molecule has 0 amide bonds. The molecule has 0 fully saturated rings. The lowest BCUT2D eigenvalue weighted by Gasteiger charge is -2.16. The van der Waals surface area contributed by atoms with E-state index in [1.807, 2.05) is 17.6 Å². The van der Waals surface area contributed by atoms with Crippen LogP contribution in [0.4, 0.5) is 0 Å². The van der Waals surface area contributed by atoms with Gasteiger partial charge in [-0.05, 0) is 41.5 Å². The van der Waals surface area contributed by atoms with Gasteiger partial charge in [-0.25, -0.2) is 0 Å². The number of aromatic nitrogens is 3. The van der Waals surface area contributed by atoms with E-state index in [1.165, 1.54) is 16.3 Å². The van der Waals surface area contributed by atoms with Gasteiger partial charge in [0.1, 0.15) is 5.75 Å². The first-order chi connectivity index (χ1) is 15.1. The van der Waals surface area contributed by atoms with Crippen molar-refractivity contribution in [1.29, 1.82) is 0 Å². The Morgan fingerprint density at radius 2 is 1.90 bits per heavy atom. The van der Waals surface area contributed by atoms with Gasteiger partial charge in [0, 0.05) is 17.3 Å². The maximum absolute atomic E-state index is 6.26. The first-order valence-electron chi connectivity index (χ1n) is 9.82. The highest BCUT2D eigenvalue weighted by Crippen LogP contribution is 2.32. The molecule has 0 saturated heterocycles. The summed E-state index contributed by atoms with van der Waals surface area (Å²) in [6.07, 6.45) is 1.48. The lowest BCUT2D eigenvalue weighted by molar-refractivity contribution is 0.210. The van der Waals surface area contributed by atoms with E-state index in [4.69, 9.17) is 27.9 Å². The van der Waals surface area contributed by atoms with Crippen molar-refractivity contribution in [1.82, 2.24) is 14.8 Å². The van der Waals surface area contributed by atoms with Gasteiger partial charge in [0.05, 0.1) is 5.02 Å². The Bertz CT molecular complexity index is 1220. The standard InChI is InChI=1S/C24H21Cl2N3OS/c1-3-13-29-23(16(2)30-22-12-11-19(25)14-21(22)26)27-28-24(29)31-15-18-9-6-8-17-7-4-5-10-20(17)18/h3-12,14,16H,1,13,15H2,2H3. The minimum Gasteiger partial charge on any atom is -0.481 e. The number of allylic oxidation sites excluding steroid dienone is 1. The third-order valence-corrected chi connectivity index (χ3v) is 6.40. The molecule has 0 spiro atoms. The van der Waals surface area contributed by atoms with E-state index in [2.05, 4.69) is 59.2 Å². The molecule has 4 nitrogen and oxygen atoms in total. The van der Waals surface area contributed by atoms with E-state index >= 15 is 0 Å². The summed E-state index contributed by atoms with van der Waals surface area (Å²) >= 11 is 13.9. The zero-order chi connectivity index (χ0) is 21.8. The van der Waals surface area contributed by atoms with Crippen molar-refractivity contribution in [3.8, 4) is 5.75 Å². The molecule has 0 saturated carbocycles. The molecule has 4 rings (SSSR count). The number of halogens is 2. The van der Waals surface area contributed by atoms with Crippen LogP contribution in [0.2, 0.25) is 10.0 Å². The summed E-state index contributed by atoms with van der Waals surface area (Å²) in [6.45, 7) is 6.39. The molecule has 0 aliphatic carbocycles. The Morgan fingerprint density at radius 1 is 1.10 bits per heavy atom. The molecule has 31 heavy (non-hydrogen) atoms. The Morgan fingerprint density at radius 3 is 2.71 bits per heavy atom. The fraction of sp³-hybridized carbons (Fsp3) is 0.167. The van der Waals surface area contributed by atoms with Crippen molar-refractivity contribution < 1.29 is 4.74 Å². The van der Waals surface area contributed by atoms with Crippen molar-refractivity contribution >= 4 is 45.7 Å². The molecule has 158 valence electrons. The predicted molar refractivity (Wildman–Crippen MR) is 129 cm³/mol. The van der Waals surface area contributed by atoms with Gasteiger partial charge in [-0.3, -0.25) is 4.57 Å². The summed E-state index contributed by atoms with van der Waals surface area (Å²) in [6, 6.07) is 19.9. The molecular weight excluding hydrogens is 449 g/mol. The van der Waals surface area contributed by atoms with Gasteiger partial charge in [-0.2, -0.15) is 0 Å². The van der Waals surface area contributed by atoms with Gasteiger partial charge >= 0.3 is 0 Å². The molecule has 3 aromatic carbocycles. The van der Waals surface area contributed by atoms with Crippen LogP contribution < -0.4 is 4.74 Å². The van der Waals surface area contributed by atoms with Crippen molar-refractivity contribution in [3.63, 3.8) is 0 Å². The SMILES string of the molecule is C=CCn1c(SCc2cccc3ccccc23)nnc1C(C)Oc1ccc(Cl)cc1Cl. The van der Waals surface area contributed by atoms with Crippen molar-refractivity contribution in [3.05, 3.63) is 94.8 Å². The first kappa shape index (κ1) is 21.8. The maximum atomic E-state index is 6.26. The van der Waals surface area contributed by atoms with Gasteiger partial charge in [0.15, 0.2) is 17.1 Å². The number of rotatable bonds is 8. The van der Waals surface area contributed by atoms with Gasteiger partial charge in [0.2, 0.25) is 0 Å². The minimum absolute atomic E-state index is 0.349. The predicted octanol–water partition coefficient (Wildman–Crippen LogP) is 7.36. The number of ether oxygens (including phenoxy) is 1. The highest BCUT2D eigenvalue weighted by molar-refractivity contribution is 7.98. The smallest absolute Gasteiger partial charge is 0.191 e. The van der Waals surface area contributed by atoms with Crippen LogP contribution in [0.5, 0.6) is 5.75 Å². The van der Waals surface area contributed by atoms with Gasteiger partial charge in [-0.1, -0.05) is 83.5 Å². The number of benzene rings is 3. The second-order valence-electron chi connectivity index (χ2n) is 7.00. The molecule has 0 radical (unpaired) electrons. The molecule has 1 aromatic heterocycles. The molecule has 4 aromatic rings. The molecule has 0 aliphatic heterocycles. The quantitative estimate of drug-likeness (QED) is 0.199. The molecule has 0 aliphatic rings. The van der Waals surface area contributed by atoms with Crippen LogP contribution >= 0.6 is 35.0 Å². The molecule has 1 heterocycles. The fourth-order valence-electron chi connectivity index (χ4n) is 3.38. The van der Waals surface area contributed by atoms with E-state index in [-0.39, 0.29) is 6.10 Å². The second-order valence-corrected chi connectivity index (χ2v) is 8.79. The van der Waals surface area contributed by atoms with Crippen LogP contribution in [0.15, 0.2) is 78.5 Å². The fourth-order valence-corrected chi connectivity index (χ4v) is 4.79. The molecule has 0 bridgehead atoms. The van der Waals surface area contributed by atoms with Gasteiger partial charge in [-0.15, -0.1) is 16.8 Å². The monoisotopic (exact) mass is 469 g/mol. The van der Waals surface area contributed by atoms with Gasteiger partial charge < -0.3 is 4.74 Å². The zero-order valence-electron chi connectivity index (χ0n) is 17.0. The second kappa shape index (κ2) is 9.77. The van der Waals surface area contributed by atoms with Crippen molar-refractivity contribution in [2.75, 3.05) is 0 Å². The van der Waals surface area contributed by atoms with Crippen LogP contribution in [0, 0.1) is 0 Å². The largest absolute Gasteiger partial charge is 0.481 e. The van der Waals surface area contributed by atoms with Crippen LogP contribution in [0.3, 0.4) is 0 Å².